The van der Waals surface area contributed by atoms with Crippen LogP contribution in [0.4, 0.5) is 5.69 Å². The second-order valence-corrected chi connectivity index (χ2v) is 4.58. The average Bonchev–Trinajstić information content (AvgIpc) is 2.82. The van der Waals surface area contributed by atoms with Gasteiger partial charge in [-0.15, -0.1) is 0 Å². The molecule has 3 aromatic rings. The van der Waals surface area contributed by atoms with Crippen LogP contribution < -0.4 is 5.56 Å². The normalized spacial score (nSPS) is 10.9. The van der Waals surface area contributed by atoms with Crippen LogP contribution in [0.15, 0.2) is 23.0 Å². The van der Waals surface area contributed by atoms with Gasteiger partial charge in [-0.05, 0) is 18.3 Å². The minimum atomic E-state index is -0.591. The number of H-pyrrole nitrogens is 3. The van der Waals surface area contributed by atoms with E-state index in [2.05, 4.69) is 19.9 Å². The molecule has 10 heteroatoms. The molecular formula is C11H7N5O4S. The maximum atomic E-state index is 11.7. The molecule has 0 aliphatic rings. The third kappa shape index (κ3) is 2.17. The molecule has 2 heterocycles. The number of phenols is 1. The smallest absolute Gasteiger partial charge is 0.277 e. The highest BCUT2D eigenvalue weighted by molar-refractivity contribution is 7.71. The van der Waals surface area contributed by atoms with Gasteiger partial charge in [-0.25, -0.2) is 4.98 Å². The summed E-state index contributed by atoms with van der Waals surface area (Å²) in [4.78, 5) is 33.8. The number of aromatic hydroxyl groups is 1. The van der Waals surface area contributed by atoms with Crippen molar-refractivity contribution in [1.29, 1.82) is 0 Å². The first kappa shape index (κ1) is 13.0. The number of non-ortho nitro benzene ring substituents is 1. The number of aromatic nitrogens is 4. The van der Waals surface area contributed by atoms with Gasteiger partial charge in [-0.3, -0.25) is 19.9 Å². The van der Waals surface area contributed by atoms with Gasteiger partial charge in [-0.1, -0.05) is 0 Å². The summed E-state index contributed by atoms with van der Waals surface area (Å²) in [6.07, 6.45) is 0. The number of nitrogens with zero attached hydrogens (tertiary/aromatic N) is 2. The van der Waals surface area contributed by atoms with Crippen LogP contribution in [-0.4, -0.2) is 30.0 Å². The summed E-state index contributed by atoms with van der Waals surface area (Å²) in [7, 11) is 0. The second-order valence-electron chi connectivity index (χ2n) is 4.18. The van der Waals surface area contributed by atoms with Crippen LogP contribution in [0.3, 0.4) is 0 Å². The van der Waals surface area contributed by atoms with Gasteiger partial charge in [0.25, 0.3) is 11.2 Å². The Morgan fingerprint density at radius 2 is 2.05 bits per heavy atom. The lowest BCUT2D eigenvalue weighted by molar-refractivity contribution is -0.384. The van der Waals surface area contributed by atoms with Crippen molar-refractivity contribution in [3.63, 3.8) is 0 Å². The summed E-state index contributed by atoms with van der Waals surface area (Å²) in [5.74, 6) is -0.0803. The minimum absolute atomic E-state index is 0.105. The molecule has 0 spiro atoms. The standard InChI is InChI=1S/C11H7N5O4S/c17-6-2-1-4(16(19)20)3-5(6)8-12-7-9(13-8)14-11(21)15-10(7)18/h1-3,17H,(H3,12,13,14,15,18,21). The van der Waals surface area contributed by atoms with E-state index in [1.807, 2.05) is 0 Å². The molecule has 1 aromatic carbocycles. The molecule has 0 aliphatic heterocycles. The summed E-state index contributed by atoms with van der Waals surface area (Å²) >= 11 is 4.83. The van der Waals surface area contributed by atoms with Crippen molar-refractivity contribution in [2.45, 2.75) is 0 Å². The van der Waals surface area contributed by atoms with Gasteiger partial charge in [-0.2, -0.15) is 0 Å². The van der Waals surface area contributed by atoms with Crippen LogP contribution in [0, 0.1) is 14.9 Å². The fraction of sp³-hybridized carbons (Fsp3) is 0. The molecule has 0 fully saturated rings. The predicted octanol–water partition coefficient (Wildman–Crippen LogP) is 1.59. The Kier molecular flexibility index (Phi) is 2.80. The Morgan fingerprint density at radius 1 is 1.29 bits per heavy atom. The van der Waals surface area contributed by atoms with Crippen LogP contribution in [0.5, 0.6) is 5.75 Å². The van der Waals surface area contributed by atoms with Gasteiger partial charge in [0.15, 0.2) is 10.4 Å². The Labute approximate surface area is 120 Å². The molecule has 0 atom stereocenters. The van der Waals surface area contributed by atoms with Crippen molar-refractivity contribution in [1.82, 2.24) is 19.9 Å². The molecule has 0 saturated carbocycles. The molecule has 106 valence electrons. The van der Waals surface area contributed by atoms with E-state index in [0.29, 0.717) is 0 Å². The van der Waals surface area contributed by atoms with E-state index in [1.54, 1.807) is 0 Å². The van der Waals surface area contributed by atoms with E-state index in [4.69, 9.17) is 12.2 Å². The van der Waals surface area contributed by atoms with E-state index >= 15 is 0 Å². The molecule has 0 saturated heterocycles. The summed E-state index contributed by atoms with van der Waals surface area (Å²) in [5, 5.41) is 20.6. The summed E-state index contributed by atoms with van der Waals surface area (Å²) in [6.45, 7) is 0. The summed E-state index contributed by atoms with van der Waals surface area (Å²) in [6, 6.07) is 3.52. The third-order valence-corrected chi connectivity index (χ3v) is 3.04. The van der Waals surface area contributed by atoms with Crippen molar-refractivity contribution < 1.29 is 10.0 Å². The number of hydrogen-bond acceptors (Lipinski definition) is 6. The monoisotopic (exact) mass is 305 g/mol. The zero-order chi connectivity index (χ0) is 15.1. The first-order valence-electron chi connectivity index (χ1n) is 5.66. The first-order chi connectivity index (χ1) is 9.95. The lowest BCUT2D eigenvalue weighted by Crippen LogP contribution is -2.07. The van der Waals surface area contributed by atoms with E-state index in [9.17, 15) is 20.0 Å². The molecule has 2 aromatic heterocycles. The Morgan fingerprint density at radius 3 is 2.76 bits per heavy atom. The summed E-state index contributed by atoms with van der Waals surface area (Å²) < 4.78 is 0.105. The molecule has 0 amide bonds. The molecular weight excluding hydrogens is 298 g/mol. The number of benzene rings is 1. The quantitative estimate of drug-likeness (QED) is 0.322. The topological polar surface area (TPSA) is 141 Å². The number of phenolic OH excluding ortho intramolecular Hbond substituents is 1. The van der Waals surface area contributed by atoms with Gasteiger partial charge >= 0.3 is 0 Å². The number of fused-ring (bicyclic) bond motifs is 1. The lowest BCUT2D eigenvalue weighted by atomic mass is 10.1. The number of aromatic amines is 3. The van der Waals surface area contributed by atoms with E-state index in [1.165, 1.54) is 12.1 Å². The highest BCUT2D eigenvalue weighted by Crippen LogP contribution is 2.31. The predicted molar refractivity (Wildman–Crippen MR) is 75.7 cm³/mol. The third-order valence-electron chi connectivity index (χ3n) is 2.84. The number of hydrogen-bond donors (Lipinski definition) is 4. The van der Waals surface area contributed by atoms with Gasteiger partial charge in [0.1, 0.15) is 17.1 Å². The molecule has 9 nitrogen and oxygen atoms in total. The van der Waals surface area contributed by atoms with E-state index in [-0.39, 0.29) is 38.8 Å². The maximum Gasteiger partial charge on any atom is 0.277 e. The molecule has 0 aliphatic carbocycles. The molecule has 21 heavy (non-hydrogen) atoms. The van der Waals surface area contributed by atoms with Crippen LogP contribution in [0.25, 0.3) is 22.6 Å². The molecule has 3 rings (SSSR count). The SMILES string of the molecule is O=c1[nH]c(=S)[nH]c2nc(-c3cc([N+](=O)[O-])ccc3O)[nH]c12. The number of nitro groups is 1. The molecule has 0 radical (unpaired) electrons. The van der Waals surface area contributed by atoms with Crippen LogP contribution >= 0.6 is 12.2 Å². The summed E-state index contributed by atoms with van der Waals surface area (Å²) in [5.41, 5.74) is -0.240. The fourth-order valence-electron chi connectivity index (χ4n) is 1.89. The molecule has 0 bridgehead atoms. The van der Waals surface area contributed by atoms with Crippen LogP contribution in [-0.2, 0) is 0 Å². The van der Waals surface area contributed by atoms with Crippen molar-refractivity contribution in [3.05, 3.63) is 43.4 Å². The second kappa shape index (κ2) is 4.52. The van der Waals surface area contributed by atoms with E-state index < -0.39 is 10.5 Å². The maximum absolute atomic E-state index is 11.7. The lowest BCUT2D eigenvalue weighted by Gasteiger charge is -2.00. The Hall–Kier alpha value is -3.01. The van der Waals surface area contributed by atoms with Gasteiger partial charge in [0.05, 0.1) is 10.5 Å². The van der Waals surface area contributed by atoms with Crippen molar-refractivity contribution >= 4 is 29.1 Å². The average molecular weight is 305 g/mol. The van der Waals surface area contributed by atoms with E-state index in [0.717, 1.165) is 6.07 Å². The molecule has 4 N–H and O–H groups in total. The van der Waals surface area contributed by atoms with Gasteiger partial charge in [0.2, 0.25) is 0 Å². The van der Waals surface area contributed by atoms with Crippen LogP contribution in [0.1, 0.15) is 0 Å². The van der Waals surface area contributed by atoms with Crippen molar-refractivity contribution in [2.75, 3.05) is 0 Å². The number of nitrogens with one attached hydrogen (secondary N) is 3. The first-order valence-corrected chi connectivity index (χ1v) is 6.06. The largest absolute Gasteiger partial charge is 0.507 e. The number of nitro benzene ring substituents is 1. The zero-order valence-electron chi connectivity index (χ0n) is 10.2. The highest BCUT2D eigenvalue weighted by atomic mass is 32.1. The van der Waals surface area contributed by atoms with Crippen molar-refractivity contribution in [2.24, 2.45) is 0 Å². The van der Waals surface area contributed by atoms with Crippen LogP contribution in [0.2, 0.25) is 0 Å². The zero-order valence-corrected chi connectivity index (χ0v) is 11.0. The van der Waals surface area contributed by atoms with Gasteiger partial charge < -0.3 is 15.1 Å². The Balaban J connectivity index is 2.28. The fourth-order valence-corrected chi connectivity index (χ4v) is 2.08. The highest BCUT2D eigenvalue weighted by Gasteiger charge is 2.16. The number of imidazole rings is 1. The van der Waals surface area contributed by atoms with Gasteiger partial charge in [0, 0.05) is 12.1 Å². The number of rotatable bonds is 2. The van der Waals surface area contributed by atoms with Crippen molar-refractivity contribution in [3.8, 4) is 17.1 Å². The molecule has 0 unspecified atom stereocenters. The minimum Gasteiger partial charge on any atom is -0.507 e. The Bertz CT molecular complexity index is 986.